The summed E-state index contributed by atoms with van der Waals surface area (Å²) in [6.45, 7) is 1.96. The van der Waals surface area contributed by atoms with Gasteiger partial charge in [-0.2, -0.15) is 0 Å². The zero-order valence-corrected chi connectivity index (χ0v) is 8.91. The summed E-state index contributed by atoms with van der Waals surface area (Å²) in [5.74, 6) is 1.71. The second-order valence-electron chi connectivity index (χ2n) is 3.68. The lowest BCUT2D eigenvalue weighted by molar-refractivity contribution is 0.711. The number of fused-ring (bicyclic) bond motifs is 1. The van der Waals surface area contributed by atoms with E-state index in [1.165, 1.54) is 0 Å². The van der Waals surface area contributed by atoms with E-state index in [1.807, 2.05) is 26.1 Å². The fourth-order valence-corrected chi connectivity index (χ4v) is 1.48. The molecule has 0 aliphatic rings. The number of nitrogens with one attached hydrogen (secondary N) is 2. The molecule has 15 heavy (non-hydrogen) atoms. The molecule has 0 spiro atoms. The predicted molar refractivity (Wildman–Crippen MR) is 60.8 cm³/mol. The third-order valence-corrected chi connectivity index (χ3v) is 2.17. The fraction of sp³-hybridized carbons (Fsp3) is 0.400. The highest BCUT2D eigenvalue weighted by Crippen LogP contribution is 2.12. The van der Waals surface area contributed by atoms with Crippen LogP contribution >= 0.6 is 0 Å². The molecule has 80 valence electrons. The summed E-state index contributed by atoms with van der Waals surface area (Å²) in [6, 6.07) is 3.98. The zero-order chi connectivity index (χ0) is 10.8. The summed E-state index contributed by atoms with van der Waals surface area (Å²) in [7, 11) is 1.84. The van der Waals surface area contributed by atoms with Crippen molar-refractivity contribution in [2.24, 2.45) is 5.73 Å². The van der Waals surface area contributed by atoms with Gasteiger partial charge < -0.3 is 16.0 Å². The lowest BCUT2D eigenvalue weighted by atomic mass is 10.2. The number of hydrogen-bond donors (Lipinski definition) is 3. The molecule has 0 aromatic carbocycles. The van der Waals surface area contributed by atoms with Crippen molar-refractivity contribution in [1.82, 2.24) is 15.0 Å². The molecule has 0 aliphatic heterocycles. The van der Waals surface area contributed by atoms with Crippen molar-refractivity contribution in [3.63, 3.8) is 0 Å². The molecule has 1 unspecified atom stereocenters. The van der Waals surface area contributed by atoms with Crippen molar-refractivity contribution >= 4 is 17.0 Å². The van der Waals surface area contributed by atoms with Gasteiger partial charge in [0.2, 0.25) is 0 Å². The number of nitrogens with two attached hydrogens (primary N) is 1. The van der Waals surface area contributed by atoms with Gasteiger partial charge in [-0.1, -0.05) is 0 Å². The molecule has 0 radical (unpaired) electrons. The minimum Gasteiger partial charge on any atom is -0.373 e. The van der Waals surface area contributed by atoms with Crippen LogP contribution < -0.4 is 11.1 Å². The molecule has 2 rings (SSSR count). The average molecular weight is 205 g/mol. The molecule has 2 aromatic rings. The van der Waals surface area contributed by atoms with Crippen LogP contribution in [0.1, 0.15) is 12.7 Å². The van der Waals surface area contributed by atoms with Crippen LogP contribution in [0.25, 0.3) is 11.2 Å². The Kier molecular flexibility index (Phi) is 2.55. The summed E-state index contributed by atoms with van der Waals surface area (Å²) >= 11 is 0. The summed E-state index contributed by atoms with van der Waals surface area (Å²) in [5, 5.41) is 2.98. The smallest absolute Gasteiger partial charge is 0.179 e. The molecule has 0 bridgehead atoms. The summed E-state index contributed by atoms with van der Waals surface area (Å²) in [4.78, 5) is 11.9. The molecular weight excluding hydrogens is 190 g/mol. The highest BCUT2D eigenvalue weighted by molar-refractivity contribution is 5.72. The Labute approximate surface area is 88.1 Å². The van der Waals surface area contributed by atoms with Crippen LogP contribution in [-0.4, -0.2) is 28.0 Å². The normalized spacial score (nSPS) is 13.0. The molecule has 1 atom stereocenters. The van der Waals surface area contributed by atoms with Crippen LogP contribution in [0.15, 0.2) is 12.1 Å². The Balaban J connectivity index is 2.37. The topological polar surface area (TPSA) is 79.6 Å². The van der Waals surface area contributed by atoms with Crippen molar-refractivity contribution in [2.75, 3.05) is 12.4 Å². The maximum Gasteiger partial charge on any atom is 0.179 e. The molecule has 4 N–H and O–H groups in total. The molecule has 0 saturated carbocycles. The number of rotatable bonds is 3. The molecule has 0 aliphatic carbocycles. The minimum absolute atomic E-state index is 0.106. The number of anilines is 1. The van der Waals surface area contributed by atoms with Gasteiger partial charge in [-0.05, 0) is 19.1 Å². The van der Waals surface area contributed by atoms with E-state index in [0.29, 0.717) is 0 Å². The van der Waals surface area contributed by atoms with Gasteiger partial charge in [-0.3, -0.25) is 0 Å². The first-order valence-corrected chi connectivity index (χ1v) is 4.98. The maximum absolute atomic E-state index is 5.71. The SMILES string of the molecule is CNc1ccc2[nH]c(CC(C)N)nc2n1. The largest absolute Gasteiger partial charge is 0.373 e. The Morgan fingerprint density at radius 1 is 1.47 bits per heavy atom. The monoisotopic (exact) mass is 205 g/mol. The number of aromatic amines is 1. The van der Waals surface area contributed by atoms with Crippen molar-refractivity contribution in [3.8, 4) is 0 Å². The van der Waals surface area contributed by atoms with Crippen molar-refractivity contribution in [3.05, 3.63) is 18.0 Å². The van der Waals surface area contributed by atoms with E-state index < -0.39 is 0 Å². The lowest BCUT2D eigenvalue weighted by Crippen LogP contribution is -2.18. The van der Waals surface area contributed by atoms with Gasteiger partial charge >= 0.3 is 0 Å². The number of pyridine rings is 1. The second kappa shape index (κ2) is 3.86. The summed E-state index contributed by atoms with van der Waals surface area (Å²) in [5.41, 5.74) is 7.39. The third kappa shape index (κ3) is 2.07. The van der Waals surface area contributed by atoms with E-state index in [2.05, 4.69) is 20.3 Å². The van der Waals surface area contributed by atoms with Crippen LogP contribution in [0, 0.1) is 0 Å². The van der Waals surface area contributed by atoms with Crippen LogP contribution in [0.5, 0.6) is 0 Å². The zero-order valence-electron chi connectivity index (χ0n) is 8.91. The molecule has 0 amide bonds. The second-order valence-corrected chi connectivity index (χ2v) is 3.68. The van der Waals surface area contributed by atoms with Gasteiger partial charge in [-0.25, -0.2) is 9.97 Å². The van der Waals surface area contributed by atoms with E-state index in [4.69, 9.17) is 5.73 Å². The summed E-state index contributed by atoms with van der Waals surface area (Å²) in [6.07, 6.45) is 0.741. The molecular formula is C10H15N5. The van der Waals surface area contributed by atoms with E-state index in [-0.39, 0.29) is 6.04 Å². The number of H-pyrrole nitrogens is 1. The number of imidazole rings is 1. The van der Waals surface area contributed by atoms with Gasteiger partial charge in [0, 0.05) is 19.5 Å². The number of hydrogen-bond acceptors (Lipinski definition) is 4. The molecule has 0 fully saturated rings. The maximum atomic E-state index is 5.71. The molecule has 0 saturated heterocycles. The van der Waals surface area contributed by atoms with Crippen LogP contribution in [0.3, 0.4) is 0 Å². The Morgan fingerprint density at radius 3 is 2.93 bits per heavy atom. The van der Waals surface area contributed by atoms with Crippen LogP contribution in [0.2, 0.25) is 0 Å². The van der Waals surface area contributed by atoms with Crippen LogP contribution in [0.4, 0.5) is 5.82 Å². The lowest BCUT2D eigenvalue weighted by Gasteiger charge is -1.98. The van der Waals surface area contributed by atoms with E-state index in [9.17, 15) is 0 Å². The highest BCUT2D eigenvalue weighted by Gasteiger charge is 2.06. The quantitative estimate of drug-likeness (QED) is 0.695. The third-order valence-electron chi connectivity index (χ3n) is 2.17. The minimum atomic E-state index is 0.106. The van der Waals surface area contributed by atoms with Gasteiger partial charge in [0.15, 0.2) is 5.65 Å². The van der Waals surface area contributed by atoms with Gasteiger partial charge in [-0.15, -0.1) is 0 Å². The van der Waals surface area contributed by atoms with Crippen molar-refractivity contribution in [2.45, 2.75) is 19.4 Å². The fourth-order valence-electron chi connectivity index (χ4n) is 1.48. The Bertz CT molecular complexity index is 460. The van der Waals surface area contributed by atoms with Crippen LogP contribution in [-0.2, 0) is 6.42 Å². The number of aromatic nitrogens is 3. The van der Waals surface area contributed by atoms with Crippen molar-refractivity contribution < 1.29 is 0 Å². The molecule has 5 heteroatoms. The van der Waals surface area contributed by atoms with E-state index >= 15 is 0 Å². The highest BCUT2D eigenvalue weighted by atomic mass is 15.0. The van der Waals surface area contributed by atoms with Gasteiger partial charge in [0.05, 0.1) is 5.52 Å². The average Bonchev–Trinajstić information content (AvgIpc) is 2.57. The van der Waals surface area contributed by atoms with Gasteiger partial charge in [0.25, 0.3) is 0 Å². The molecule has 5 nitrogen and oxygen atoms in total. The summed E-state index contributed by atoms with van der Waals surface area (Å²) < 4.78 is 0. The first kappa shape index (κ1) is 9.92. The first-order valence-electron chi connectivity index (χ1n) is 4.98. The standard InChI is InChI=1S/C10H15N5/c1-6(11)5-9-13-7-3-4-8(12-2)14-10(7)15-9/h3-4,6H,5,11H2,1-2H3,(H2,12,13,14,15). The first-order chi connectivity index (χ1) is 7.19. The van der Waals surface area contributed by atoms with E-state index in [1.54, 1.807) is 0 Å². The Hall–Kier alpha value is -1.62. The Morgan fingerprint density at radius 2 is 2.27 bits per heavy atom. The number of nitrogens with zero attached hydrogens (tertiary/aromatic N) is 2. The predicted octanol–water partition coefficient (Wildman–Crippen LogP) is 0.889. The van der Waals surface area contributed by atoms with Gasteiger partial charge in [0.1, 0.15) is 11.6 Å². The molecule has 2 heterocycles. The van der Waals surface area contributed by atoms with E-state index in [0.717, 1.165) is 29.2 Å². The van der Waals surface area contributed by atoms with Crippen molar-refractivity contribution in [1.29, 1.82) is 0 Å². The molecule has 2 aromatic heterocycles.